The predicted octanol–water partition coefficient (Wildman–Crippen LogP) is -0.541. The summed E-state index contributed by atoms with van der Waals surface area (Å²) >= 11 is 5.67. The van der Waals surface area contributed by atoms with E-state index in [0.717, 1.165) is 4.57 Å². The van der Waals surface area contributed by atoms with Gasteiger partial charge in [-0.05, 0) is 18.0 Å². The number of aromatic amines is 1. The minimum atomic E-state index is -0.476. The molecule has 2 rings (SSSR count). The maximum Gasteiger partial charge on any atom is 0.332 e. The van der Waals surface area contributed by atoms with Crippen LogP contribution in [0.5, 0.6) is 0 Å². The third kappa shape index (κ3) is 1.87. The van der Waals surface area contributed by atoms with E-state index in [9.17, 15) is 9.59 Å². The number of aliphatic hydroxyl groups is 1. The number of rotatable bonds is 3. The van der Waals surface area contributed by atoms with Crippen LogP contribution in [0.1, 0.15) is 6.42 Å². The van der Waals surface area contributed by atoms with Crippen LogP contribution in [0.25, 0.3) is 11.2 Å². The van der Waals surface area contributed by atoms with Crippen LogP contribution in [-0.4, -0.2) is 30.8 Å². The molecule has 0 bridgehead atoms. The first-order valence-corrected chi connectivity index (χ1v) is 5.40. The van der Waals surface area contributed by atoms with Crippen LogP contribution >= 0.6 is 11.6 Å². The van der Waals surface area contributed by atoms with Gasteiger partial charge in [0.25, 0.3) is 5.56 Å². The highest BCUT2D eigenvalue weighted by atomic mass is 35.5. The molecule has 0 fully saturated rings. The molecule has 0 spiro atoms. The lowest BCUT2D eigenvalue weighted by atomic mass is 10.4. The Morgan fingerprint density at radius 1 is 1.47 bits per heavy atom. The molecule has 8 heteroatoms. The highest BCUT2D eigenvalue weighted by Crippen LogP contribution is 2.08. The van der Waals surface area contributed by atoms with Crippen molar-refractivity contribution in [3.8, 4) is 0 Å². The van der Waals surface area contributed by atoms with Crippen LogP contribution < -0.4 is 11.2 Å². The molecule has 0 aliphatic carbocycles. The molecule has 0 saturated heterocycles. The first-order chi connectivity index (χ1) is 8.06. The lowest BCUT2D eigenvalue weighted by Gasteiger charge is -2.06. The van der Waals surface area contributed by atoms with Gasteiger partial charge in [-0.3, -0.25) is 13.9 Å². The Kier molecular flexibility index (Phi) is 3.03. The Labute approximate surface area is 100 Å². The molecule has 0 aliphatic heterocycles. The second kappa shape index (κ2) is 4.34. The van der Waals surface area contributed by atoms with Gasteiger partial charge in [-0.25, -0.2) is 4.79 Å². The van der Waals surface area contributed by atoms with E-state index in [2.05, 4.69) is 9.97 Å². The second-order valence-electron chi connectivity index (χ2n) is 3.60. The van der Waals surface area contributed by atoms with Crippen LogP contribution in [0.15, 0.2) is 9.59 Å². The van der Waals surface area contributed by atoms with Gasteiger partial charge < -0.3 is 10.1 Å². The molecule has 2 aromatic heterocycles. The average molecular weight is 259 g/mol. The van der Waals surface area contributed by atoms with Gasteiger partial charge in [0.05, 0.1) is 0 Å². The van der Waals surface area contributed by atoms with Gasteiger partial charge in [-0.15, -0.1) is 0 Å². The van der Waals surface area contributed by atoms with E-state index in [1.165, 1.54) is 11.6 Å². The van der Waals surface area contributed by atoms with Crippen molar-refractivity contribution in [3.63, 3.8) is 0 Å². The summed E-state index contributed by atoms with van der Waals surface area (Å²) in [6.45, 7) is 0.0753. The highest BCUT2D eigenvalue weighted by molar-refractivity contribution is 6.28. The van der Waals surface area contributed by atoms with Gasteiger partial charge in [0.1, 0.15) is 0 Å². The number of aliphatic hydroxyl groups excluding tert-OH is 1. The van der Waals surface area contributed by atoms with E-state index in [1.54, 1.807) is 0 Å². The van der Waals surface area contributed by atoms with E-state index >= 15 is 0 Å². The number of aryl methyl sites for hydroxylation is 1. The quantitative estimate of drug-likeness (QED) is 0.723. The van der Waals surface area contributed by atoms with Crippen LogP contribution in [0, 0.1) is 0 Å². The third-order valence-corrected chi connectivity index (χ3v) is 2.67. The summed E-state index contributed by atoms with van der Waals surface area (Å²) in [4.78, 5) is 30.3. The monoisotopic (exact) mass is 258 g/mol. The molecule has 2 aromatic rings. The summed E-state index contributed by atoms with van der Waals surface area (Å²) in [6, 6.07) is 0. The SMILES string of the molecule is Cn1c(=O)n(CCCO)c(=O)c2[nH]c(Cl)nc21. The average Bonchev–Trinajstić information content (AvgIpc) is 2.69. The van der Waals surface area contributed by atoms with E-state index < -0.39 is 11.2 Å². The van der Waals surface area contributed by atoms with Crippen molar-refractivity contribution in [1.82, 2.24) is 19.1 Å². The third-order valence-electron chi connectivity index (χ3n) is 2.49. The fraction of sp³-hybridized carbons (Fsp3) is 0.444. The van der Waals surface area contributed by atoms with Crippen molar-refractivity contribution < 1.29 is 5.11 Å². The highest BCUT2D eigenvalue weighted by Gasteiger charge is 2.14. The minimum absolute atomic E-state index is 0.0620. The number of aromatic nitrogens is 4. The molecule has 0 amide bonds. The van der Waals surface area contributed by atoms with Gasteiger partial charge in [-0.1, -0.05) is 0 Å². The van der Waals surface area contributed by atoms with Gasteiger partial charge >= 0.3 is 5.69 Å². The maximum atomic E-state index is 12.0. The number of imidazole rings is 1. The van der Waals surface area contributed by atoms with Crippen LogP contribution in [0.4, 0.5) is 0 Å². The number of H-pyrrole nitrogens is 1. The molecule has 7 nitrogen and oxygen atoms in total. The Hall–Kier alpha value is -1.60. The normalized spacial score (nSPS) is 11.2. The van der Waals surface area contributed by atoms with E-state index in [1.807, 2.05) is 0 Å². The van der Waals surface area contributed by atoms with Crippen molar-refractivity contribution in [1.29, 1.82) is 0 Å². The Morgan fingerprint density at radius 3 is 2.82 bits per heavy atom. The lowest BCUT2D eigenvalue weighted by Crippen LogP contribution is -2.39. The molecule has 0 aromatic carbocycles. The fourth-order valence-electron chi connectivity index (χ4n) is 1.65. The zero-order valence-electron chi connectivity index (χ0n) is 9.10. The van der Waals surface area contributed by atoms with Gasteiger partial charge in [-0.2, -0.15) is 4.98 Å². The van der Waals surface area contributed by atoms with E-state index in [4.69, 9.17) is 16.7 Å². The van der Waals surface area contributed by atoms with Gasteiger partial charge in [0.2, 0.25) is 5.28 Å². The summed E-state index contributed by atoms with van der Waals surface area (Å²) in [5.74, 6) is 0. The second-order valence-corrected chi connectivity index (χ2v) is 3.96. The topological polar surface area (TPSA) is 92.9 Å². The fourth-order valence-corrected chi connectivity index (χ4v) is 1.82. The first-order valence-electron chi connectivity index (χ1n) is 5.02. The smallest absolute Gasteiger partial charge is 0.332 e. The van der Waals surface area contributed by atoms with Crippen molar-refractivity contribution >= 4 is 22.8 Å². The number of nitrogens with zero attached hydrogens (tertiary/aromatic N) is 3. The van der Waals surface area contributed by atoms with Crippen molar-refractivity contribution in [3.05, 3.63) is 26.1 Å². The van der Waals surface area contributed by atoms with Crippen LogP contribution in [-0.2, 0) is 13.6 Å². The van der Waals surface area contributed by atoms with E-state index in [-0.39, 0.29) is 29.6 Å². The van der Waals surface area contributed by atoms with Gasteiger partial charge in [0.15, 0.2) is 11.2 Å². The zero-order valence-corrected chi connectivity index (χ0v) is 9.86. The summed E-state index contributed by atoms with van der Waals surface area (Å²) in [7, 11) is 1.51. The molecule has 0 radical (unpaired) electrons. The Morgan fingerprint density at radius 2 is 2.18 bits per heavy atom. The van der Waals surface area contributed by atoms with Crippen molar-refractivity contribution in [2.75, 3.05) is 6.61 Å². The van der Waals surface area contributed by atoms with E-state index in [0.29, 0.717) is 6.42 Å². The first kappa shape index (κ1) is 11.9. The summed E-state index contributed by atoms with van der Waals surface area (Å²) < 4.78 is 2.30. The molecule has 92 valence electrons. The summed E-state index contributed by atoms with van der Waals surface area (Å²) in [6.07, 6.45) is 0.336. The molecule has 0 saturated carbocycles. The molecule has 2 heterocycles. The number of halogens is 1. The molecule has 0 aliphatic rings. The lowest BCUT2D eigenvalue weighted by molar-refractivity contribution is 0.277. The van der Waals surface area contributed by atoms with Gasteiger partial charge in [0, 0.05) is 20.2 Å². The molecule has 0 atom stereocenters. The standard InChI is InChI=1S/C9H11ClN4O3/c1-13-6-5(11-8(10)12-6)7(16)14(9(13)17)3-2-4-15/h15H,2-4H2,1H3,(H,11,12). The zero-order chi connectivity index (χ0) is 12.6. The number of hydrogen-bond acceptors (Lipinski definition) is 4. The number of fused-ring (bicyclic) bond motifs is 1. The molecule has 17 heavy (non-hydrogen) atoms. The van der Waals surface area contributed by atoms with Crippen molar-refractivity contribution in [2.45, 2.75) is 13.0 Å². The number of hydrogen-bond donors (Lipinski definition) is 2. The molecular weight excluding hydrogens is 248 g/mol. The Balaban J connectivity index is 2.77. The molecule has 0 unspecified atom stereocenters. The summed E-state index contributed by atoms with van der Waals surface area (Å²) in [5.41, 5.74) is -0.532. The Bertz CT molecular complexity index is 669. The maximum absolute atomic E-state index is 12.0. The van der Waals surface area contributed by atoms with Crippen molar-refractivity contribution in [2.24, 2.45) is 7.05 Å². The summed E-state index contributed by atoms with van der Waals surface area (Å²) in [5, 5.41) is 8.79. The molecule has 2 N–H and O–H groups in total. The van der Waals surface area contributed by atoms with Crippen LogP contribution in [0.2, 0.25) is 5.28 Å². The number of nitrogens with one attached hydrogen (secondary N) is 1. The predicted molar refractivity (Wildman–Crippen MR) is 62.3 cm³/mol. The molecular formula is C9H11ClN4O3. The largest absolute Gasteiger partial charge is 0.396 e. The van der Waals surface area contributed by atoms with Crippen LogP contribution in [0.3, 0.4) is 0 Å². The minimum Gasteiger partial charge on any atom is -0.396 e.